The van der Waals surface area contributed by atoms with Gasteiger partial charge in [0.1, 0.15) is 0 Å². The fourth-order valence-corrected chi connectivity index (χ4v) is 0.632. The van der Waals surface area contributed by atoms with Gasteiger partial charge in [-0.1, -0.05) is 6.08 Å². The normalized spacial score (nSPS) is 9.42. The molecule has 4 heteroatoms. The Kier molecular flexibility index (Phi) is 7.63. The molecule has 0 fully saturated rings. The second-order valence-corrected chi connectivity index (χ2v) is 2.18. The predicted octanol–water partition coefficient (Wildman–Crippen LogP) is -0.312. The minimum absolute atomic E-state index is 0.0145. The van der Waals surface area contributed by atoms with Gasteiger partial charge in [0.25, 0.3) is 0 Å². The highest BCUT2D eigenvalue weighted by molar-refractivity contribution is 5.77. The Bertz CT molecular complexity index is 136. The van der Waals surface area contributed by atoms with Gasteiger partial charge >= 0.3 is 0 Å². The van der Waals surface area contributed by atoms with Crippen molar-refractivity contribution in [2.45, 2.75) is 6.42 Å². The topological polar surface area (TPSA) is 58.6 Å². The minimum atomic E-state index is -0.0578. The zero-order valence-corrected chi connectivity index (χ0v) is 7.08. The average molecular weight is 173 g/mol. The van der Waals surface area contributed by atoms with Gasteiger partial charge in [-0.2, -0.15) is 0 Å². The molecule has 0 atom stereocenters. The van der Waals surface area contributed by atoms with Crippen molar-refractivity contribution in [2.24, 2.45) is 0 Å². The Balaban J connectivity index is 3.08. The van der Waals surface area contributed by atoms with Crippen molar-refractivity contribution in [1.82, 2.24) is 5.32 Å². The molecule has 0 aromatic heterocycles. The van der Waals surface area contributed by atoms with Gasteiger partial charge in [0.15, 0.2) is 0 Å². The van der Waals surface area contributed by atoms with E-state index in [9.17, 15) is 4.79 Å². The maximum Gasteiger partial charge on any atom is 0.223 e. The van der Waals surface area contributed by atoms with E-state index in [4.69, 9.17) is 9.84 Å². The number of carbonyl (C=O) groups excluding carboxylic acids is 1. The molecule has 0 aliphatic heterocycles. The molecule has 0 aromatic rings. The van der Waals surface area contributed by atoms with Crippen LogP contribution in [-0.4, -0.2) is 37.4 Å². The van der Waals surface area contributed by atoms with Crippen LogP contribution in [0.15, 0.2) is 12.7 Å². The monoisotopic (exact) mass is 173 g/mol. The maximum atomic E-state index is 10.8. The number of aliphatic hydroxyl groups is 1. The molecule has 0 aliphatic carbocycles. The Labute approximate surface area is 72.2 Å². The first-order valence-corrected chi connectivity index (χ1v) is 3.87. The van der Waals surface area contributed by atoms with Crippen LogP contribution in [-0.2, 0) is 9.53 Å². The van der Waals surface area contributed by atoms with Gasteiger partial charge < -0.3 is 15.2 Å². The first-order valence-electron chi connectivity index (χ1n) is 3.87. The van der Waals surface area contributed by atoms with E-state index in [1.165, 1.54) is 0 Å². The molecule has 2 N–H and O–H groups in total. The van der Waals surface area contributed by atoms with Crippen molar-refractivity contribution in [3.8, 4) is 0 Å². The lowest BCUT2D eigenvalue weighted by Gasteiger charge is -2.03. The van der Waals surface area contributed by atoms with Gasteiger partial charge in [0.05, 0.1) is 19.8 Å². The van der Waals surface area contributed by atoms with Crippen LogP contribution < -0.4 is 5.32 Å². The fourth-order valence-electron chi connectivity index (χ4n) is 0.632. The number of carbonyl (C=O) groups is 1. The molecular formula is C8H15NO3. The summed E-state index contributed by atoms with van der Waals surface area (Å²) in [6.45, 7) is 4.68. The lowest BCUT2D eigenvalue weighted by molar-refractivity contribution is -0.120. The Morgan fingerprint density at radius 3 is 2.92 bits per heavy atom. The van der Waals surface area contributed by atoms with Gasteiger partial charge in [0.2, 0.25) is 5.91 Å². The summed E-state index contributed by atoms with van der Waals surface area (Å²) in [5.74, 6) is -0.0578. The number of hydrogen-bond donors (Lipinski definition) is 2. The quantitative estimate of drug-likeness (QED) is 0.410. The van der Waals surface area contributed by atoms with Crippen LogP contribution in [0.2, 0.25) is 0 Å². The van der Waals surface area contributed by atoms with E-state index in [1.807, 2.05) is 0 Å². The molecule has 0 radical (unpaired) electrons. The van der Waals surface area contributed by atoms with E-state index in [-0.39, 0.29) is 12.5 Å². The summed E-state index contributed by atoms with van der Waals surface area (Å²) in [7, 11) is 0. The molecule has 0 spiro atoms. The zero-order valence-electron chi connectivity index (χ0n) is 7.08. The molecule has 0 saturated carbocycles. The highest BCUT2D eigenvalue weighted by Crippen LogP contribution is 1.79. The van der Waals surface area contributed by atoms with Crippen molar-refractivity contribution < 1.29 is 14.6 Å². The summed E-state index contributed by atoms with van der Waals surface area (Å²) >= 11 is 0. The minimum Gasteiger partial charge on any atom is -0.394 e. The molecule has 0 aliphatic rings. The molecule has 1 amide bonds. The average Bonchev–Trinajstić information content (AvgIpc) is 2.05. The Morgan fingerprint density at radius 1 is 1.58 bits per heavy atom. The lowest BCUT2D eigenvalue weighted by Crippen LogP contribution is -2.26. The van der Waals surface area contributed by atoms with Crippen LogP contribution in [0.1, 0.15) is 6.42 Å². The first-order chi connectivity index (χ1) is 5.81. The molecule has 0 bridgehead atoms. The Morgan fingerprint density at radius 2 is 2.33 bits per heavy atom. The molecule has 0 heterocycles. The third-order valence-electron chi connectivity index (χ3n) is 1.13. The van der Waals surface area contributed by atoms with E-state index < -0.39 is 0 Å². The lowest BCUT2D eigenvalue weighted by atomic mass is 10.4. The summed E-state index contributed by atoms with van der Waals surface area (Å²) in [5.41, 5.74) is 0. The maximum absolute atomic E-state index is 10.8. The molecular weight excluding hydrogens is 158 g/mol. The van der Waals surface area contributed by atoms with Gasteiger partial charge in [-0.15, -0.1) is 6.58 Å². The molecule has 0 aromatic carbocycles. The van der Waals surface area contributed by atoms with Crippen molar-refractivity contribution in [3.63, 3.8) is 0 Å². The summed E-state index contributed by atoms with van der Waals surface area (Å²) in [4.78, 5) is 10.8. The van der Waals surface area contributed by atoms with E-state index in [0.717, 1.165) is 0 Å². The van der Waals surface area contributed by atoms with E-state index >= 15 is 0 Å². The van der Waals surface area contributed by atoms with Crippen LogP contribution in [0.5, 0.6) is 0 Å². The van der Waals surface area contributed by atoms with Crippen molar-refractivity contribution in [2.75, 3.05) is 26.4 Å². The second kappa shape index (κ2) is 8.23. The summed E-state index contributed by atoms with van der Waals surface area (Å²) in [6.07, 6.45) is 1.88. The second-order valence-electron chi connectivity index (χ2n) is 2.18. The first kappa shape index (κ1) is 11.1. The van der Waals surface area contributed by atoms with Gasteiger partial charge in [0, 0.05) is 13.0 Å². The van der Waals surface area contributed by atoms with Crippen molar-refractivity contribution in [1.29, 1.82) is 0 Å². The van der Waals surface area contributed by atoms with Crippen molar-refractivity contribution >= 4 is 5.91 Å². The molecule has 70 valence electrons. The van der Waals surface area contributed by atoms with E-state index in [2.05, 4.69) is 11.9 Å². The van der Waals surface area contributed by atoms with E-state index in [1.54, 1.807) is 6.08 Å². The van der Waals surface area contributed by atoms with Crippen LogP contribution >= 0.6 is 0 Å². The van der Waals surface area contributed by atoms with Gasteiger partial charge in [-0.25, -0.2) is 0 Å². The van der Waals surface area contributed by atoms with E-state index in [0.29, 0.717) is 26.2 Å². The van der Waals surface area contributed by atoms with Crippen LogP contribution in [0.25, 0.3) is 0 Å². The number of aliphatic hydroxyl groups excluding tert-OH is 1. The number of rotatable bonds is 7. The largest absolute Gasteiger partial charge is 0.394 e. The molecule has 12 heavy (non-hydrogen) atoms. The molecule has 0 rings (SSSR count). The van der Waals surface area contributed by atoms with Crippen LogP contribution in [0.4, 0.5) is 0 Å². The van der Waals surface area contributed by atoms with Gasteiger partial charge in [-0.3, -0.25) is 4.79 Å². The molecule has 0 unspecified atom stereocenters. The fraction of sp³-hybridized carbons (Fsp3) is 0.625. The number of nitrogens with one attached hydrogen (secondary N) is 1. The third kappa shape index (κ3) is 7.24. The Hall–Kier alpha value is -0.870. The molecule has 0 saturated heterocycles. The van der Waals surface area contributed by atoms with Gasteiger partial charge in [-0.05, 0) is 0 Å². The van der Waals surface area contributed by atoms with Crippen LogP contribution in [0, 0.1) is 0 Å². The third-order valence-corrected chi connectivity index (χ3v) is 1.13. The number of amides is 1. The van der Waals surface area contributed by atoms with Crippen molar-refractivity contribution in [3.05, 3.63) is 12.7 Å². The molecule has 4 nitrogen and oxygen atoms in total. The number of ether oxygens (including phenoxy) is 1. The SMILES string of the molecule is C=CCC(=O)NCCOCCO. The smallest absolute Gasteiger partial charge is 0.223 e. The predicted molar refractivity (Wildman–Crippen MR) is 45.7 cm³/mol. The standard InChI is InChI=1S/C8H15NO3/c1-2-3-8(11)9-4-6-12-7-5-10/h2,10H,1,3-7H2,(H,9,11). The number of hydrogen-bond acceptors (Lipinski definition) is 3. The highest BCUT2D eigenvalue weighted by atomic mass is 16.5. The zero-order chi connectivity index (χ0) is 9.23. The highest BCUT2D eigenvalue weighted by Gasteiger charge is 1.95. The van der Waals surface area contributed by atoms with Crippen LogP contribution in [0.3, 0.4) is 0 Å². The summed E-state index contributed by atoms with van der Waals surface area (Å²) in [5, 5.41) is 11.0. The summed E-state index contributed by atoms with van der Waals surface area (Å²) < 4.78 is 4.92. The summed E-state index contributed by atoms with van der Waals surface area (Å²) in [6, 6.07) is 0.